The largest absolute Gasteiger partial charge is 0.389 e. The maximum Gasteiger partial charge on any atom is 0.103 e. The van der Waals surface area contributed by atoms with Crippen LogP contribution < -0.4 is 10.6 Å². The topological polar surface area (TPSA) is 29.3 Å². The number of aryl methyl sites for hydroxylation is 1. The molecule has 0 amide bonds. The molecule has 0 aliphatic carbocycles. The van der Waals surface area contributed by atoms with Crippen LogP contribution in [0.4, 0.5) is 5.69 Å². The number of benzene rings is 2. The van der Waals surface area contributed by atoms with Crippen molar-refractivity contribution in [3.8, 4) is 0 Å². The van der Waals surface area contributed by atoms with Crippen molar-refractivity contribution in [1.82, 2.24) is 0 Å². The van der Waals surface area contributed by atoms with E-state index in [1.54, 1.807) is 0 Å². The van der Waals surface area contributed by atoms with Crippen LogP contribution >= 0.6 is 12.2 Å². The van der Waals surface area contributed by atoms with Crippen LogP contribution in [0.2, 0.25) is 0 Å². The third-order valence-corrected chi connectivity index (χ3v) is 4.55. The molecular formula is C18H20N2S. The Hall–Kier alpha value is -1.87. The predicted molar refractivity (Wildman–Crippen MR) is 92.9 cm³/mol. The summed E-state index contributed by atoms with van der Waals surface area (Å²) < 4.78 is 0. The molecule has 1 aliphatic rings. The zero-order valence-corrected chi connectivity index (χ0v) is 13.3. The zero-order chi connectivity index (χ0) is 15.0. The normalized spacial score (nSPS) is 16.9. The minimum absolute atomic E-state index is 0.463. The minimum atomic E-state index is 0.463. The van der Waals surface area contributed by atoms with Crippen molar-refractivity contribution in [2.24, 2.45) is 5.73 Å². The number of nitrogens with two attached hydrogens (primary N) is 1. The van der Waals surface area contributed by atoms with E-state index in [-0.39, 0.29) is 0 Å². The van der Waals surface area contributed by atoms with E-state index >= 15 is 0 Å². The first-order chi connectivity index (χ1) is 10.1. The summed E-state index contributed by atoms with van der Waals surface area (Å²) in [4.78, 5) is 2.95. The van der Waals surface area contributed by atoms with Gasteiger partial charge >= 0.3 is 0 Å². The standard InChI is InChI=1S/C18H20N2S/c1-12-9-15(18(19)21)7-8-16(12)11-20-13(2)10-14-5-3-4-6-17(14)20/h3-9,13H,10-11H2,1-2H3,(H2,19,21). The minimum Gasteiger partial charge on any atom is -0.389 e. The van der Waals surface area contributed by atoms with Gasteiger partial charge in [-0.1, -0.05) is 42.5 Å². The molecule has 0 radical (unpaired) electrons. The van der Waals surface area contributed by atoms with Gasteiger partial charge in [0.05, 0.1) is 0 Å². The first kappa shape index (κ1) is 14.1. The van der Waals surface area contributed by atoms with Gasteiger partial charge in [0.25, 0.3) is 0 Å². The molecule has 2 aromatic rings. The lowest BCUT2D eigenvalue weighted by Gasteiger charge is -2.26. The molecule has 21 heavy (non-hydrogen) atoms. The molecule has 2 aromatic carbocycles. The lowest BCUT2D eigenvalue weighted by Crippen LogP contribution is -2.29. The number of para-hydroxylation sites is 1. The van der Waals surface area contributed by atoms with Crippen LogP contribution in [0, 0.1) is 6.92 Å². The van der Waals surface area contributed by atoms with Crippen LogP contribution in [0.25, 0.3) is 0 Å². The van der Waals surface area contributed by atoms with Crippen molar-refractivity contribution >= 4 is 22.9 Å². The smallest absolute Gasteiger partial charge is 0.103 e. The average molecular weight is 296 g/mol. The molecule has 1 atom stereocenters. The van der Waals surface area contributed by atoms with Crippen molar-refractivity contribution in [1.29, 1.82) is 0 Å². The van der Waals surface area contributed by atoms with E-state index in [9.17, 15) is 0 Å². The number of hydrogen-bond acceptors (Lipinski definition) is 2. The van der Waals surface area contributed by atoms with Gasteiger partial charge < -0.3 is 10.6 Å². The molecule has 3 heteroatoms. The Morgan fingerprint density at radius 2 is 2.05 bits per heavy atom. The summed E-state index contributed by atoms with van der Waals surface area (Å²) >= 11 is 5.05. The number of anilines is 1. The highest BCUT2D eigenvalue weighted by atomic mass is 32.1. The number of fused-ring (bicyclic) bond motifs is 1. The van der Waals surface area contributed by atoms with Crippen LogP contribution in [0.5, 0.6) is 0 Å². The highest BCUT2D eigenvalue weighted by Crippen LogP contribution is 2.33. The average Bonchev–Trinajstić information content (AvgIpc) is 2.77. The Labute approximate surface area is 131 Å². The van der Waals surface area contributed by atoms with Crippen LogP contribution in [0.1, 0.15) is 29.2 Å². The maximum absolute atomic E-state index is 5.70. The highest BCUT2D eigenvalue weighted by molar-refractivity contribution is 7.80. The van der Waals surface area contributed by atoms with E-state index in [1.807, 2.05) is 6.07 Å². The van der Waals surface area contributed by atoms with Crippen LogP contribution in [0.15, 0.2) is 42.5 Å². The summed E-state index contributed by atoms with van der Waals surface area (Å²) in [6, 6.07) is 15.5. The fraction of sp³-hybridized carbons (Fsp3) is 0.278. The monoisotopic (exact) mass is 296 g/mol. The molecule has 2 nitrogen and oxygen atoms in total. The van der Waals surface area contributed by atoms with E-state index in [4.69, 9.17) is 18.0 Å². The van der Waals surface area contributed by atoms with Crippen molar-refractivity contribution in [2.75, 3.05) is 4.90 Å². The van der Waals surface area contributed by atoms with E-state index in [0.717, 1.165) is 18.5 Å². The van der Waals surface area contributed by atoms with E-state index in [0.29, 0.717) is 11.0 Å². The molecule has 0 saturated carbocycles. The van der Waals surface area contributed by atoms with Crippen molar-refractivity contribution < 1.29 is 0 Å². The first-order valence-corrected chi connectivity index (χ1v) is 7.71. The summed E-state index contributed by atoms with van der Waals surface area (Å²) in [5.41, 5.74) is 12.0. The van der Waals surface area contributed by atoms with Gasteiger partial charge in [0, 0.05) is 23.8 Å². The Balaban J connectivity index is 1.89. The predicted octanol–water partition coefficient (Wildman–Crippen LogP) is 3.58. The lowest BCUT2D eigenvalue weighted by molar-refractivity contribution is 0.671. The van der Waals surface area contributed by atoms with Gasteiger partial charge in [0.15, 0.2) is 0 Å². The van der Waals surface area contributed by atoms with Gasteiger partial charge in [-0.2, -0.15) is 0 Å². The molecule has 3 rings (SSSR count). The number of thiocarbonyl (C=S) groups is 1. The van der Waals surface area contributed by atoms with Crippen molar-refractivity contribution in [3.05, 3.63) is 64.7 Å². The van der Waals surface area contributed by atoms with E-state index < -0.39 is 0 Å². The molecule has 0 aromatic heterocycles. The summed E-state index contributed by atoms with van der Waals surface area (Å²) in [6.07, 6.45) is 1.13. The Morgan fingerprint density at radius 1 is 1.29 bits per heavy atom. The Kier molecular flexibility index (Phi) is 3.68. The van der Waals surface area contributed by atoms with Gasteiger partial charge in [-0.05, 0) is 49.1 Å². The van der Waals surface area contributed by atoms with Gasteiger partial charge in [0.1, 0.15) is 4.99 Å². The molecule has 2 N–H and O–H groups in total. The molecule has 0 spiro atoms. The van der Waals surface area contributed by atoms with Gasteiger partial charge in [-0.25, -0.2) is 0 Å². The zero-order valence-electron chi connectivity index (χ0n) is 12.5. The quantitative estimate of drug-likeness (QED) is 0.878. The molecule has 0 saturated heterocycles. The second kappa shape index (κ2) is 5.49. The van der Waals surface area contributed by atoms with Gasteiger partial charge in [-0.15, -0.1) is 0 Å². The lowest BCUT2D eigenvalue weighted by atomic mass is 10.0. The Morgan fingerprint density at radius 3 is 2.76 bits per heavy atom. The van der Waals surface area contributed by atoms with Crippen molar-refractivity contribution in [3.63, 3.8) is 0 Å². The molecule has 1 aliphatic heterocycles. The SMILES string of the molecule is Cc1cc(C(N)=S)ccc1CN1c2ccccc2CC1C. The summed E-state index contributed by atoms with van der Waals surface area (Å²) in [6.45, 7) is 5.35. The second-order valence-electron chi connectivity index (χ2n) is 5.82. The van der Waals surface area contributed by atoms with Gasteiger partial charge in [0.2, 0.25) is 0 Å². The fourth-order valence-corrected chi connectivity index (χ4v) is 3.21. The maximum atomic E-state index is 5.70. The fourth-order valence-electron chi connectivity index (χ4n) is 3.08. The van der Waals surface area contributed by atoms with Crippen LogP contribution in [0.3, 0.4) is 0 Å². The summed E-state index contributed by atoms with van der Waals surface area (Å²) in [5.74, 6) is 0. The van der Waals surface area contributed by atoms with E-state index in [2.05, 4.69) is 55.1 Å². The van der Waals surface area contributed by atoms with E-state index in [1.165, 1.54) is 22.4 Å². The first-order valence-electron chi connectivity index (χ1n) is 7.30. The Bertz CT molecular complexity index is 693. The summed E-state index contributed by atoms with van der Waals surface area (Å²) in [5, 5.41) is 0. The van der Waals surface area contributed by atoms with Crippen molar-refractivity contribution in [2.45, 2.75) is 32.9 Å². The third kappa shape index (κ3) is 2.66. The number of rotatable bonds is 3. The van der Waals surface area contributed by atoms with Crippen LogP contribution in [-0.2, 0) is 13.0 Å². The number of nitrogens with zero attached hydrogens (tertiary/aromatic N) is 1. The molecule has 0 bridgehead atoms. The molecule has 1 unspecified atom stereocenters. The summed E-state index contributed by atoms with van der Waals surface area (Å²) in [7, 11) is 0. The van der Waals surface area contributed by atoms with Crippen LogP contribution in [-0.4, -0.2) is 11.0 Å². The highest BCUT2D eigenvalue weighted by Gasteiger charge is 2.25. The molecular weight excluding hydrogens is 276 g/mol. The van der Waals surface area contributed by atoms with Gasteiger partial charge in [-0.3, -0.25) is 0 Å². The molecule has 108 valence electrons. The number of hydrogen-bond donors (Lipinski definition) is 1. The second-order valence-corrected chi connectivity index (χ2v) is 6.26. The molecule has 0 fully saturated rings. The third-order valence-electron chi connectivity index (χ3n) is 4.32. The molecule has 1 heterocycles.